The highest BCUT2D eigenvalue weighted by Crippen LogP contribution is 2.21. The van der Waals surface area contributed by atoms with E-state index in [4.69, 9.17) is 17.2 Å². The summed E-state index contributed by atoms with van der Waals surface area (Å²) < 4.78 is 0. The normalized spacial score (nSPS) is 17.6. The number of guanidine groups is 1. The second-order valence-corrected chi connectivity index (χ2v) is 11.4. The zero-order valence-electron chi connectivity index (χ0n) is 26.4. The van der Waals surface area contributed by atoms with Crippen LogP contribution in [0.3, 0.4) is 0 Å². The minimum atomic E-state index is -1.55. The second-order valence-electron chi connectivity index (χ2n) is 11.4. The van der Waals surface area contributed by atoms with E-state index < -0.39 is 65.9 Å². The molecule has 1 aromatic carbocycles. The average Bonchev–Trinajstić information content (AvgIpc) is 3.50. The molecule has 16 heteroatoms. The van der Waals surface area contributed by atoms with E-state index in [-0.39, 0.29) is 50.5 Å². The Morgan fingerprint density at radius 3 is 2.24 bits per heavy atom. The Kier molecular flexibility index (Phi) is 15.2. The number of aliphatic hydroxyl groups is 1. The number of carboxylic acid groups (broad SMARTS) is 1. The number of aliphatic carboxylic acids is 1. The number of hydrogen-bond acceptors (Lipinski definition) is 9. The third-order valence-electron chi connectivity index (χ3n) is 7.66. The molecule has 0 saturated carbocycles. The monoisotopic (exact) mass is 648 g/mol. The van der Waals surface area contributed by atoms with Crippen LogP contribution in [0.25, 0.3) is 0 Å². The number of carbonyl (C=O) groups excluding carboxylic acids is 4. The summed E-state index contributed by atoms with van der Waals surface area (Å²) in [7, 11) is 0. The number of aromatic hydroxyl groups is 1. The van der Waals surface area contributed by atoms with Crippen LogP contribution in [-0.2, 0) is 30.4 Å². The largest absolute Gasteiger partial charge is 0.508 e. The lowest BCUT2D eigenvalue weighted by Crippen LogP contribution is -2.59. The number of aliphatic imine (C=N–C) groups is 1. The van der Waals surface area contributed by atoms with Gasteiger partial charge in [-0.1, -0.05) is 31.9 Å². The fraction of sp³-hybridized carbons (Fsp3) is 0.600. The lowest BCUT2D eigenvalue weighted by atomic mass is 10.0. The van der Waals surface area contributed by atoms with Crippen molar-refractivity contribution in [2.75, 3.05) is 13.1 Å². The number of nitrogens with two attached hydrogens (primary N) is 3. The molecule has 0 bridgehead atoms. The van der Waals surface area contributed by atoms with Crippen molar-refractivity contribution in [1.82, 2.24) is 20.9 Å². The van der Waals surface area contributed by atoms with E-state index in [2.05, 4.69) is 20.9 Å². The van der Waals surface area contributed by atoms with Gasteiger partial charge in [0.25, 0.3) is 0 Å². The van der Waals surface area contributed by atoms with Gasteiger partial charge in [0.1, 0.15) is 23.9 Å². The van der Waals surface area contributed by atoms with Crippen molar-refractivity contribution in [3.05, 3.63) is 29.8 Å². The summed E-state index contributed by atoms with van der Waals surface area (Å²) in [6, 6.07) is 0.394. The topological polar surface area (TPSA) is 276 Å². The summed E-state index contributed by atoms with van der Waals surface area (Å²) >= 11 is 0. The molecule has 256 valence electrons. The van der Waals surface area contributed by atoms with Gasteiger partial charge in [-0.05, 0) is 56.7 Å². The van der Waals surface area contributed by atoms with Crippen molar-refractivity contribution in [2.24, 2.45) is 22.2 Å². The second kappa shape index (κ2) is 18.5. The minimum absolute atomic E-state index is 0.0223. The molecule has 1 heterocycles. The van der Waals surface area contributed by atoms with Gasteiger partial charge in [-0.15, -0.1) is 0 Å². The number of likely N-dealkylation sites (tertiary alicyclic amines) is 1. The predicted molar refractivity (Wildman–Crippen MR) is 169 cm³/mol. The van der Waals surface area contributed by atoms with Crippen LogP contribution in [0, 0.1) is 0 Å². The summed E-state index contributed by atoms with van der Waals surface area (Å²) in [6.45, 7) is 3.64. The van der Waals surface area contributed by atoms with E-state index in [1.165, 1.54) is 24.0 Å². The highest BCUT2D eigenvalue weighted by molar-refractivity contribution is 5.96. The van der Waals surface area contributed by atoms with Crippen molar-refractivity contribution < 1.29 is 39.3 Å². The number of unbranched alkanes of at least 4 members (excludes halogenated alkanes) is 1. The maximum atomic E-state index is 13.8. The fourth-order valence-corrected chi connectivity index (χ4v) is 5.09. The van der Waals surface area contributed by atoms with Gasteiger partial charge in [-0.3, -0.25) is 24.2 Å². The first kappa shape index (κ1) is 37.7. The summed E-state index contributed by atoms with van der Waals surface area (Å²) in [6.07, 6.45) is 1.61. The molecule has 1 saturated heterocycles. The molecule has 1 aliphatic rings. The molecule has 1 aromatic rings. The molecular weight excluding hydrogens is 600 g/mol. The van der Waals surface area contributed by atoms with E-state index in [9.17, 15) is 39.3 Å². The Morgan fingerprint density at radius 2 is 1.65 bits per heavy atom. The molecule has 0 spiro atoms. The lowest BCUT2D eigenvalue weighted by Gasteiger charge is -2.31. The van der Waals surface area contributed by atoms with Crippen LogP contribution >= 0.6 is 0 Å². The smallest absolute Gasteiger partial charge is 0.328 e. The molecule has 16 nitrogen and oxygen atoms in total. The molecule has 1 aliphatic heterocycles. The van der Waals surface area contributed by atoms with Gasteiger partial charge in [0, 0.05) is 19.5 Å². The molecule has 6 atom stereocenters. The number of amides is 4. The molecule has 0 unspecified atom stereocenters. The van der Waals surface area contributed by atoms with Gasteiger partial charge < -0.3 is 53.4 Å². The number of aliphatic hydroxyl groups excluding tert-OH is 1. The first-order chi connectivity index (χ1) is 21.7. The third kappa shape index (κ3) is 11.8. The number of hydrogen-bond donors (Lipinski definition) is 9. The molecule has 2 rings (SSSR count). The average molecular weight is 649 g/mol. The molecule has 0 aromatic heterocycles. The molecule has 46 heavy (non-hydrogen) atoms. The van der Waals surface area contributed by atoms with Crippen LogP contribution in [0.15, 0.2) is 29.3 Å². The zero-order chi connectivity index (χ0) is 34.4. The molecule has 4 amide bonds. The number of rotatable bonds is 18. The maximum Gasteiger partial charge on any atom is 0.328 e. The number of nitrogens with one attached hydrogen (secondary N) is 3. The highest BCUT2D eigenvalue weighted by Gasteiger charge is 2.40. The SMILES string of the molecule is CCCC[C@H](NC(=O)[C@H](Cc1ccc(O)cc1)NC(=O)[C@@H](N)CCCN=C(N)N)C(=O)N1CCC[C@H]1C(=O)N[C@H](C(=O)O)[C@@H](C)O. The van der Waals surface area contributed by atoms with Crippen molar-refractivity contribution in [3.8, 4) is 5.75 Å². The van der Waals surface area contributed by atoms with Crippen LogP contribution in [0.5, 0.6) is 5.75 Å². The van der Waals surface area contributed by atoms with Crippen molar-refractivity contribution in [3.63, 3.8) is 0 Å². The van der Waals surface area contributed by atoms with Crippen molar-refractivity contribution in [1.29, 1.82) is 0 Å². The highest BCUT2D eigenvalue weighted by atomic mass is 16.4. The summed E-state index contributed by atoms with van der Waals surface area (Å²) in [5.41, 5.74) is 17.3. The van der Waals surface area contributed by atoms with Gasteiger partial charge in [0.2, 0.25) is 23.6 Å². The number of phenols is 1. The van der Waals surface area contributed by atoms with E-state index in [0.29, 0.717) is 31.2 Å². The summed E-state index contributed by atoms with van der Waals surface area (Å²) in [5.74, 6) is -3.95. The van der Waals surface area contributed by atoms with Crippen molar-refractivity contribution >= 4 is 35.6 Å². The maximum absolute atomic E-state index is 13.8. The summed E-state index contributed by atoms with van der Waals surface area (Å²) in [4.78, 5) is 70.2. The minimum Gasteiger partial charge on any atom is -0.508 e. The Morgan fingerprint density at radius 1 is 1.00 bits per heavy atom. The van der Waals surface area contributed by atoms with Crippen molar-refractivity contribution in [2.45, 2.75) is 102 Å². The van der Waals surface area contributed by atoms with Crippen LogP contribution in [0.2, 0.25) is 0 Å². The molecule has 1 fully saturated rings. The van der Waals surface area contributed by atoms with E-state index in [1.54, 1.807) is 12.1 Å². The summed E-state index contributed by atoms with van der Waals surface area (Å²) in [5, 5.41) is 36.6. The van der Waals surface area contributed by atoms with E-state index in [0.717, 1.165) is 0 Å². The van der Waals surface area contributed by atoms with Gasteiger partial charge in [-0.2, -0.15) is 0 Å². The number of nitrogens with zero attached hydrogens (tertiary/aromatic N) is 2. The number of carbonyl (C=O) groups is 5. The van der Waals surface area contributed by atoms with Crippen LogP contribution in [0.4, 0.5) is 0 Å². The fourth-order valence-electron chi connectivity index (χ4n) is 5.09. The Bertz CT molecular complexity index is 1220. The Labute approximate surface area is 268 Å². The molecule has 0 radical (unpaired) electrons. The van der Waals surface area contributed by atoms with E-state index >= 15 is 0 Å². The van der Waals surface area contributed by atoms with Crippen LogP contribution in [0.1, 0.15) is 64.4 Å². The molecule has 12 N–H and O–H groups in total. The first-order valence-corrected chi connectivity index (χ1v) is 15.5. The van der Waals surface area contributed by atoms with Gasteiger partial charge in [-0.25, -0.2) is 4.79 Å². The predicted octanol–water partition coefficient (Wildman–Crippen LogP) is -1.58. The molecular formula is C30H48N8O8. The van der Waals surface area contributed by atoms with Gasteiger partial charge >= 0.3 is 5.97 Å². The third-order valence-corrected chi connectivity index (χ3v) is 7.66. The number of carboxylic acids is 1. The van der Waals surface area contributed by atoms with Gasteiger partial charge in [0.15, 0.2) is 12.0 Å². The lowest BCUT2D eigenvalue weighted by molar-refractivity contribution is -0.147. The van der Waals surface area contributed by atoms with Crippen LogP contribution < -0.4 is 33.2 Å². The molecule has 0 aliphatic carbocycles. The van der Waals surface area contributed by atoms with E-state index in [1.807, 2.05) is 6.92 Å². The van der Waals surface area contributed by atoms with Crippen LogP contribution in [-0.4, -0.2) is 105 Å². The quantitative estimate of drug-likeness (QED) is 0.0497. The zero-order valence-corrected chi connectivity index (χ0v) is 26.4. The first-order valence-electron chi connectivity index (χ1n) is 15.5. The Balaban J connectivity index is 2.24. The van der Waals surface area contributed by atoms with Gasteiger partial charge in [0.05, 0.1) is 12.1 Å². The Hall–Kier alpha value is -4.44. The number of phenolic OH excluding ortho intramolecular Hbond substituents is 1. The standard InChI is InChI=1S/C30H48N8O8/c1-3-4-8-21(28(44)38-15-6-9-23(38)27(43)37-24(17(2)39)29(45)46)35-26(42)22(16-18-10-12-19(40)13-11-18)36-25(41)20(31)7-5-14-34-30(32)33/h10-13,17,20-24,39-40H,3-9,14-16,31H2,1-2H3,(H,35,42)(H,36,41)(H,37,43)(H,45,46)(H4,32,33,34)/t17-,20+,21+,22+,23+,24+/m1/s1. The number of benzene rings is 1.